The van der Waals surface area contributed by atoms with Gasteiger partial charge >= 0.3 is 5.97 Å². The molecule has 0 unspecified atom stereocenters. The Bertz CT molecular complexity index is 728. The van der Waals surface area contributed by atoms with E-state index in [0.717, 1.165) is 0 Å². The molecule has 0 bridgehead atoms. The largest absolute Gasteiger partial charge is 0.465 e. The molecule has 0 amide bonds. The Morgan fingerprint density at radius 3 is 2.80 bits per heavy atom. The summed E-state index contributed by atoms with van der Waals surface area (Å²) < 4.78 is 30.8. The van der Waals surface area contributed by atoms with Crippen molar-refractivity contribution in [1.82, 2.24) is 9.97 Å². The van der Waals surface area contributed by atoms with Crippen LogP contribution in [0.4, 0.5) is 5.69 Å². The standard InChI is InChI=1S/C11H10ClN3O4S/c1-19-11(16)8-4-7(2-3-9(8)12)15-20(17,18)10-5-13-6-14-10/h2-6,15H,1H3,(H,13,14). The summed E-state index contributed by atoms with van der Waals surface area (Å²) in [7, 11) is -2.59. The summed E-state index contributed by atoms with van der Waals surface area (Å²) >= 11 is 5.85. The van der Waals surface area contributed by atoms with Crippen molar-refractivity contribution in [2.24, 2.45) is 0 Å². The fourth-order valence-corrected chi connectivity index (χ4v) is 2.60. The topological polar surface area (TPSA) is 101 Å². The van der Waals surface area contributed by atoms with E-state index >= 15 is 0 Å². The van der Waals surface area contributed by atoms with Crippen LogP contribution in [0, 0.1) is 0 Å². The molecule has 1 heterocycles. The molecule has 2 N–H and O–H groups in total. The third-order valence-corrected chi connectivity index (χ3v) is 4.02. The number of hydrogen-bond donors (Lipinski definition) is 2. The van der Waals surface area contributed by atoms with Crippen molar-refractivity contribution in [1.29, 1.82) is 0 Å². The van der Waals surface area contributed by atoms with Crippen LogP contribution < -0.4 is 4.72 Å². The lowest BCUT2D eigenvalue weighted by Crippen LogP contribution is -2.14. The number of aromatic nitrogens is 2. The van der Waals surface area contributed by atoms with Crippen LogP contribution in [0.3, 0.4) is 0 Å². The van der Waals surface area contributed by atoms with Gasteiger partial charge in [-0.15, -0.1) is 0 Å². The summed E-state index contributed by atoms with van der Waals surface area (Å²) in [6.07, 6.45) is 2.41. The molecule has 0 spiro atoms. The number of esters is 1. The Hall–Kier alpha value is -2.06. The highest BCUT2D eigenvalue weighted by atomic mass is 35.5. The van der Waals surface area contributed by atoms with E-state index in [-0.39, 0.29) is 21.3 Å². The number of nitrogens with one attached hydrogen (secondary N) is 2. The molecule has 2 aromatic rings. The van der Waals surface area contributed by atoms with E-state index in [1.807, 2.05) is 0 Å². The number of H-pyrrole nitrogens is 1. The molecule has 20 heavy (non-hydrogen) atoms. The number of halogens is 1. The van der Waals surface area contributed by atoms with Gasteiger partial charge in [0, 0.05) is 5.69 Å². The number of nitrogens with zero attached hydrogens (tertiary/aromatic N) is 1. The van der Waals surface area contributed by atoms with Gasteiger partial charge in [0.15, 0.2) is 5.03 Å². The number of carbonyl (C=O) groups excluding carboxylic acids is 1. The van der Waals surface area contributed by atoms with Crippen molar-refractivity contribution in [2.45, 2.75) is 5.03 Å². The number of aromatic amines is 1. The first-order valence-electron chi connectivity index (χ1n) is 5.33. The lowest BCUT2D eigenvalue weighted by molar-refractivity contribution is 0.0601. The van der Waals surface area contributed by atoms with Crippen molar-refractivity contribution in [3.05, 3.63) is 41.3 Å². The highest BCUT2D eigenvalue weighted by Crippen LogP contribution is 2.23. The van der Waals surface area contributed by atoms with Crippen LogP contribution in [0.5, 0.6) is 0 Å². The van der Waals surface area contributed by atoms with E-state index < -0.39 is 16.0 Å². The Morgan fingerprint density at radius 2 is 2.20 bits per heavy atom. The molecule has 0 radical (unpaired) electrons. The maximum absolute atomic E-state index is 12.0. The second kappa shape index (κ2) is 5.51. The first-order chi connectivity index (χ1) is 9.44. The fraction of sp³-hybridized carbons (Fsp3) is 0.0909. The molecule has 0 fully saturated rings. The van der Waals surface area contributed by atoms with Crippen LogP contribution >= 0.6 is 11.6 Å². The summed E-state index contributed by atoms with van der Waals surface area (Å²) in [4.78, 5) is 17.6. The SMILES string of the molecule is COC(=O)c1cc(NS(=O)(=O)c2cnc[nH]2)ccc1Cl. The van der Waals surface area contributed by atoms with Gasteiger partial charge in [-0.2, -0.15) is 8.42 Å². The fourth-order valence-electron chi connectivity index (χ4n) is 1.46. The van der Waals surface area contributed by atoms with Crippen LogP contribution in [0.1, 0.15) is 10.4 Å². The Morgan fingerprint density at radius 1 is 1.45 bits per heavy atom. The molecule has 9 heteroatoms. The molecule has 2 rings (SSSR count). The number of methoxy groups -OCH3 is 1. The average molecular weight is 316 g/mol. The minimum absolute atomic E-state index is 0.0685. The lowest BCUT2D eigenvalue weighted by atomic mass is 10.2. The maximum atomic E-state index is 12.0. The van der Waals surface area contributed by atoms with Crippen molar-refractivity contribution in [3.8, 4) is 0 Å². The first-order valence-corrected chi connectivity index (χ1v) is 7.19. The van der Waals surface area contributed by atoms with Crippen molar-refractivity contribution < 1.29 is 17.9 Å². The molecule has 0 saturated heterocycles. The number of anilines is 1. The van der Waals surface area contributed by atoms with Crippen LogP contribution in [0.25, 0.3) is 0 Å². The zero-order valence-corrected chi connectivity index (χ0v) is 11.8. The number of ether oxygens (including phenoxy) is 1. The number of rotatable bonds is 4. The number of imidazole rings is 1. The molecule has 0 saturated carbocycles. The van der Waals surface area contributed by atoms with Gasteiger partial charge in [-0.3, -0.25) is 4.72 Å². The molecule has 1 aromatic carbocycles. The van der Waals surface area contributed by atoms with E-state index in [1.54, 1.807) is 0 Å². The van der Waals surface area contributed by atoms with Gasteiger partial charge in [-0.05, 0) is 18.2 Å². The molecular weight excluding hydrogens is 306 g/mol. The van der Waals surface area contributed by atoms with Crippen molar-refractivity contribution >= 4 is 33.3 Å². The van der Waals surface area contributed by atoms with Gasteiger partial charge in [0.05, 0.1) is 30.2 Å². The maximum Gasteiger partial charge on any atom is 0.339 e. The van der Waals surface area contributed by atoms with Crippen LogP contribution in [-0.2, 0) is 14.8 Å². The molecule has 0 atom stereocenters. The minimum atomic E-state index is -3.80. The third kappa shape index (κ3) is 2.91. The minimum Gasteiger partial charge on any atom is -0.465 e. The second-order valence-corrected chi connectivity index (χ2v) is 5.77. The van der Waals surface area contributed by atoms with E-state index in [2.05, 4.69) is 19.4 Å². The summed E-state index contributed by atoms with van der Waals surface area (Å²) in [5.41, 5.74) is 0.253. The van der Waals surface area contributed by atoms with E-state index in [1.165, 1.54) is 37.8 Å². The molecule has 1 aromatic heterocycles. The normalized spacial score (nSPS) is 11.1. The highest BCUT2D eigenvalue weighted by molar-refractivity contribution is 7.92. The second-order valence-electron chi connectivity index (χ2n) is 3.71. The van der Waals surface area contributed by atoms with Crippen LogP contribution in [-0.4, -0.2) is 31.5 Å². The molecule has 0 aliphatic heterocycles. The average Bonchev–Trinajstić information content (AvgIpc) is 2.94. The van der Waals surface area contributed by atoms with E-state index in [0.29, 0.717) is 0 Å². The van der Waals surface area contributed by atoms with Crippen molar-refractivity contribution in [2.75, 3.05) is 11.8 Å². The Kier molecular flexibility index (Phi) is 3.96. The number of hydrogen-bond acceptors (Lipinski definition) is 5. The van der Waals surface area contributed by atoms with Crippen LogP contribution in [0.15, 0.2) is 35.7 Å². The lowest BCUT2D eigenvalue weighted by Gasteiger charge is -2.08. The summed E-state index contributed by atoms with van der Waals surface area (Å²) in [6, 6.07) is 4.13. The Balaban J connectivity index is 2.33. The van der Waals surface area contributed by atoms with Crippen LogP contribution in [0.2, 0.25) is 5.02 Å². The summed E-state index contributed by atoms with van der Waals surface area (Å²) in [5, 5.41) is 0.0772. The molecule has 7 nitrogen and oxygen atoms in total. The summed E-state index contributed by atoms with van der Waals surface area (Å²) in [6.45, 7) is 0. The smallest absolute Gasteiger partial charge is 0.339 e. The first kappa shape index (κ1) is 14.4. The Labute approximate surface area is 120 Å². The van der Waals surface area contributed by atoms with Gasteiger partial charge in [0.2, 0.25) is 0 Å². The third-order valence-electron chi connectivity index (χ3n) is 2.39. The predicted octanol–water partition coefficient (Wildman–Crippen LogP) is 1.65. The zero-order chi connectivity index (χ0) is 14.8. The van der Waals surface area contributed by atoms with E-state index in [9.17, 15) is 13.2 Å². The van der Waals surface area contributed by atoms with Gasteiger partial charge in [-0.25, -0.2) is 9.78 Å². The van der Waals surface area contributed by atoms with Gasteiger partial charge < -0.3 is 9.72 Å². The van der Waals surface area contributed by atoms with Gasteiger partial charge in [-0.1, -0.05) is 11.6 Å². The molecule has 0 aliphatic carbocycles. The van der Waals surface area contributed by atoms with Gasteiger partial charge in [0.25, 0.3) is 10.0 Å². The van der Waals surface area contributed by atoms with Crippen molar-refractivity contribution in [3.63, 3.8) is 0 Å². The molecular formula is C11H10ClN3O4S. The predicted molar refractivity (Wildman–Crippen MR) is 72.2 cm³/mol. The van der Waals surface area contributed by atoms with Gasteiger partial charge in [0.1, 0.15) is 0 Å². The van der Waals surface area contributed by atoms with E-state index in [4.69, 9.17) is 11.6 Å². The summed E-state index contributed by atoms with van der Waals surface area (Å²) in [5.74, 6) is -0.655. The number of carbonyl (C=O) groups is 1. The molecule has 0 aliphatic rings. The highest BCUT2D eigenvalue weighted by Gasteiger charge is 2.17. The number of benzene rings is 1. The number of sulfonamides is 1. The quantitative estimate of drug-likeness (QED) is 0.835. The monoisotopic (exact) mass is 315 g/mol. The molecule has 106 valence electrons. The zero-order valence-electron chi connectivity index (χ0n) is 10.3.